The molecule has 0 aliphatic carbocycles. The number of carbonyl (C=O) groups is 1. The van der Waals surface area contributed by atoms with E-state index in [0.717, 1.165) is 0 Å². The summed E-state index contributed by atoms with van der Waals surface area (Å²) in [5, 5.41) is 10.3. The van der Waals surface area contributed by atoms with Crippen molar-refractivity contribution in [3.05, 3.63) is 0 Å². The monoisotopic (exact) mass is 181 g/mol. The van der Waals surface area contributed by atoms with E-state index in [0.29, 0.717) is 0 Å². The van der Waals surface area contributed by atoms with Crippen LogP contribution in [0.15, 0.2) is 0 Å². The average molecular weight is 182 g/mol. The molecule has 2 N–H and O–H groups in total. The van der Waals surface area contributed by atoms with E-state index in [4.69, 9.17) is 5.11 Å². The number of hydrogen-bond acceptors (Lipinski definition) is 1. The van der Waals surface area contributed by atoms with E-state index in [1.165, 1.54) is 0 Å². The van der Waals surface area contributed by atoms with E-state index >= 15 is 0 Å². The van der Waals surface area contributed by atoms with Crippen LogP contribution in [0.25, 0.3) is 0 Å². The Hall–Kier alpha value is -0.250. The molecule has 3 nitrogen and oxygen atoms in total. The minimum absolute atomic E-state index is 0.515. The predicted octanol–water partition coefficient (Wildman–Crippen LogP) is 1.39. The number of hydrogen-bond donors (Lipinski definition) is 2. The lowest BCUT2D eigenvalue weighted by atomic mass is 10.4. The zero-order chi connectivity index (χ0) is 6.78. The molecule has 0 aliphatic heterocycles. The Morgan fingerprint density at radius 1 is 1.75 bits per heavy atom. The highest BCUT2D eigenvalue weighted by atomic mass is 79.9. The molecule has 0 heterocycles. The highest BCUT2D eigenvalue weighted by molar-refractivity contribution is 9.10. The standard InChI is InChI=1S/C4H8BrNO2/c1-4(2,5)6-3(7)8/h6H,1-2H3,(H,7,8). The normalized spacial score (nSPS) is 10.9. The molecule has 0 saturated heterocycles. The number of carboxylic acid groups (broad SMARTS) is 1. The predicted molar refractivity (Wildman–Crippen MR) is 34.2 cm³/mol. The van der Waals surface area contributed by atoms with Gasteiger partial charge in [0.05, 0.1) is 4.45 Å². The third kappa shape index (κ3) is 5.75. The zero-order valence-electron chi connectivity index (χ0n) is 4.73. The maximum atomic E-state index is 9.87. The minimum atomic E-state index is -1.02. The van der Waals surface area contributed by atoms with Gasteiger partial charge < -0.3 is 10.4 Å². The van der Waals surface area contributed by atoms with Crippen LogP contribution in [0.3, 0.4) is 0 Å². The van der Waals surface area contributed by atoms with Gasteiger partial charge in [-0.2, -0.15) is 0 Å². The number of alkyl halides is 1. The number of amides is 1. The Morgan fingerprint density at radius 3 is 2.12 bits per heavy atom. The van der Waals surface area contributed by atoms with Crippen molar-refractivity contribution in [3.8, 4) is 0 Å². The molecule has 0 fully saturated rings. The van der Waals surface area contributed by atoms with E-state index in [1.54, 1.807) is 13.8 Å². The summed E-state index contributed by atoms with van der Waals surface area (Å²) in [5.74, 6) is 0. The molecule has 0 aliphatic rings. The van der Waals surface area contributed by atoms with Gasteiger partial charge in [0.15, 0.2) is 0 Å². The fraction of sp³-hybridized carbons (Fsp3) is 0.750. The van der Waals surface area contributed by atoms with Crippen LogP contribution >= 0.6 is 15.9 Å². The third-order valence-electron chi connectivity index (χ3n) is 0.404. The van der Waals surface area contributed by atoms with Crippen LogP contribution in [0, 0.1) is 0 Å². The lowest BCUT2D eigenvalue weighted by molar-refractivity contribution is 0.190. The molecule has 4 heteroatoms. The molecule has 0 rings (SSSR count). The molecule has 0 unspecified atom stereocenters. The molecule has 0 spiro atoms. The fourth-order valence-electron chi connectivity index (χ4n) is 0.254. The van der Waals surface area contributed by atoms with Crippen molar-refractivity contribution in [2.24, 2.45) is 0 Å². The summed E-state index contributed by atoms with van der Waals surface area (Å²) < 4.78 is -0.515. The summed E-state index contributed by atoms with van der Waals surface area (Å²) >= 11 is 3.09. The topological polar surface area (TPSA) is 49.3 Å². The van der Waals surface area contributed by atoms with E-state index in [2.05, 4.69) is 21.2 Å². The molecule has 1 amide bonds. The van der Waals surface area contributed by atoms with E-state index in [9.17, 15) is 4.79 Å². The summed E-state index contributed by atoms with van der Waals surface area (Å²) in [6.45, 7) is 3.42. The molecule has 0 saturated carbocycles. The van der Waals surface area contributed by atoms with Crippen molar-refractivity contribution in [1.82, 2.24) is 5.32 Å². The molecular formula is C4H8BrNO2. The molecule has 0 aromatic rings. The van der Waals surface area contributed by atoms with Gasteiger partial charge in [-0.05, 0) is 13.8 Å². The highest BCUT2D eigenvalue weighted by Gasteiger charge is 2.13. The average Bonchev–Trinajstić information content (AvgIpc) is 1.21. The van der Waals surface area contributed by atoms with Crippen molar-refractivity contribution in [1.29, 1.82) is 0 Å². The number of rotatable bonds is 1. The Kier molecular flexibility index (Phi) is 2.27. The van der Waals surface area contributed by atoms with Gasteiger partial charge in [-0.1, -0.05) is 15.9 Å². The third-order valence-corrected chi connectivity index (χ3v) is 0.602. The second-order valence-corrected chi connectivity index (χ2v) is 3.89. The fourth-order valence-corrected chi connectivity index (χ4v) is 0.424. The van der Waals surface area contributed by atoms with Crippen LogP contribution in [0.5, 0.6) is 0 Å². The SMILES string of the molecule is CC(C)(Br)NC(=O)O. The largest absolute Gasteiger partial charge is 0.465 e. The first-order valence-electron chi connectivity index (χ1n) is 2.12. The van der Waals surface area contributed by atoms with Crippen molar-refractivity contribution in [2.45, 2.75) is 18.3 Å². The lowest BCUT2D eigenvalue weighted by Gasteiger charge is -2.14. The quantitative estimate of drug-likeness (QED) is 0.475. The van der Waals surface area contributed by atoms with E-state index in [1.807, 2.05) is 0 Å². The highest BCUT2D eigenvalue weighted by Crippen LogP contribution is 2.09. The molecule has 0 bridgehead atoms. The van der Waals surface area contributed by atoms with Gasteiger partial charge in [0, 0.05) is 0 Å². The van der Waals surface area contributed by atoms with Gasteiger partial charge >= 0.3 is 6.09 Å². The molecular weight excluding hydrogens is 174 g/mol. The smallest absolute Gasteiger partial charge is 0.405 e. The van der Waals surface area contributed by atoms with Crippen LogP contribution in [-0.4, -0.2) is 15.6 Å². The Bertz CT molecular complexity index is 96.7. The summed E-state index contributed by atoms with van der Waals surface area (Å²) in [4.78, 5) is 9.87. The molecule has 0 aromatic carbocycles. The van der Waals surface area contributed by atoms with Gasteiger partial charge in [-0.25, -0.2) is 4.79 Å². The van der Waals surface area contributed by atoms with Crippen LogP contribution in [0.4, 0.5) is 4.79 Å². The zero-order valence-corrected chi connectivity index (χ0v) is 6.32. The van der Waals surface area contributed by atoms with E-state index < -0.39 is 10.5 Å². The molecule has 0 radical (unpaired) electrons. The molecule has 0 aromatic heterocycles. The maximum Gasteiger partial charge on any atom is 0.405 e. The lowest BCUT2D eigenvalue weighted by Crippen LogP contribution is -2.36. The Labute approximate surface area is 56.2 Å². The van der Waals surface area contributed by atoms with Crippen LogP contribution in [0.2, 0.25) is 0 Å². The summed E-state index contributed by atoms with van der Waals surface area (Å²) in [7, 11) is 0. The van der Waals surface area contributed by atoms with Gasteiger partial charge in [0.1, 0.15) is 0 Å². The Balaban J connectivity index is 3.55. The molecule has 0 atom stereocenters. The summed E-state index contributed by atoms with van der Waals surface area (Å²) in [6, 6.07) is 0. The van der Waals surface area contributed by atoms with Gasteiger partial charge in [0.2, 0.25) is 0 Å². The minimum Gasteiger partial charge on any atom is -0.465 e. The van der Waals surface area contributed by atoms with Crippen LogP contribution in [-0.2, 0) is 0 Å². The van der Waals surface area contributed by atoms with Gasteiger partial charge in [-0.3, -0.25) is 0 Å². The summed E-state index contributed by atoms with van der Waals surface area (Å²) in [5.41, 5.74) is 0. The van der Waals surface area contributed by atoms with E-state index in [-0.39, 0.29) is 0 Å². The van der Waals surface area contributed by atoms with Crippen LogP contribution in [0.1, 0.15) is 13.8 Å². The maximum absolute atomic E-state index is 9.87. The second-order valence-electron chi connectivity index (χ2n) is 1.90. The van der Waals surface area contributed by atoms with Gasteiger partial charge in [0.25, 0.3) is 0 Å². The Morgan fingerprint density at radius 2 is 2.12 bits per heavy atom. The van der Waals surface area contributed by atoms with Crippen molar-refractivity contribution in [3.63, 3.8) is 0 Å². The second kappa shape index (κ2) is 2.35. The number of halogens is 1. The molecule has 8 heavy (non-hydrogen) atoms. The molecule has 48 valence electrons. The van der Waals surface area contributed by atoms with Crippen molar-refractivity contribution >= 4 is 22.0 Å². The van der Waals surface area contributed by atoms with Crippen LogP contribution < -0.4 is 5.32 Å². The van der Waals surface area contributed by atoms with Crippen molar-refractivity contribution < 1.29 is 9.90 Å². The van der Waals surface area contributed by atoms with Crippen molar-refractivity contribution in [2.75, 3.05) is 0 Å². The first-order valence-corrected chi connectivity index (χ1v) is 2.91. The first kappa shape index (κ1) is 7.75. The summed E-state index contributed by atoms with van der Waals surface area (Å²) in [6.07, 6.45) is -1.02. The van der Waals surface area contributed by atoms with Gasteiger partial charge in [-0.15, -0.1) is 0 Å². The number of nitrogens with one attached hydrogen (secondary N) is 1. The first-order chi connectivity index (χ1) is 3.42.